The molecule has 4 heteroatoms. The Morgan fingerprint density at radius 2 is 2.29 bits per heavy atom. The molecule has 1 fully saturated rings. The second-order valence-electron chi connectivity index (χ2n) is 4.98. The van der Waals surface area contributed by atoms with Gasteiger partial charge in [0.1, 0.15) is 0 Å². The number of carbonyl (C=O) groups excluding carboxylic acids is 1. The molecule has 1 heterocycles. The quantitative estimate of drug-likeness (QED) is 0.772. The largest absolute Gasteiger partial charge is 0.356 e. The fourth-order valence-electron chi connectivity index (χ4n) is 2.31. The second kappa shape index (κ2) is 9.72. The average molecular weight is 263 g/mol. The molecule has 0 spiro atoms. The first-order valence-electron chi connectivity index (χ1n) is 6.72. The Morgan fingerprint density at radius 3 is 2.88 bits per heavy atom. The molecule has 0 aliphatic carbocycles. The van der Waals surface area contributed by atoms with Gasteiger partial charge in [-0.3, -0.25) is 4.79 Å². The van der Waals surface area contributed by atoms with E-state index in [0.717, 1.165) is 44.8 Å². The molecule has 1 aliphatic heterocycles. The highest BCUT2D eigenvalue weighted by Crippen LogP contribution is 2.13. The standard InChI is InChI=1S/C13H26N2O.ClH/c1-3-5-11(2)13(16)15-9-7-12-6-4-8-14-10-12;/h11-12,14H,3-10H2,1-2H3,(H,15,16);1H. The molecule has 2 atom stereocenters. The molecule has 1 amide bonds. The van der Waals surface area contributed by atoms with Crippen LogP contribution in [-0.4, -0.2) is 25.5 Å². The zero-order valence-electron chi connectivity index (χ0n) is 11.1. The molecule has 2 unspecified atom stereocenters. The summed E-state index contributed by atoms with van der Waals surface area (Å²) < 4.78 is 0. The summed E-state index contributed by atoms with van der Waals surface area (Å²) in [5, 5.41) is 6.45. The van der Waals surface area contributed by atoms with Gasteiger partial charge in [-0.15, -0.1) is 12.4 Å². The summed E-state index contributed by atoms with van der Waals surface area (Å²) in [6.45, 7) is 7.27. The normalized spacial score (nSPS) is 21.4. The molecule has 0 aromatic rings. The molecule has 0 radical (unpaired) electrons. The first kappa shape index (κ1) is 16.7. The number of hydrogen-bond acceptors (Lipinski definition) is 2. The van der Waals surface area contributed by atoms with Gasteiger partial charge in [0.05, 0.1) is 0 Å². The molecule has 0 aromatic heterocycles. The fraction of sp³-hybridized carbons (Fsp3) is 0.923. The Kier molecular flexibility index (Phi) is 9.56. The second-order valence-corrected chi connectivity index (χ2v) is 4.98. The summed E-state index contributed by atoms with van der Waals surface area (Å²) in [6, 6.07) is 0. The highest BCUT2D eigenvalue weighted by Gasteiger charge is 2.14. The number of halogens is 1. The number of amides is 1. The van der Waals surface area contributed by atoms with Crippen LogP contribution in [0.3, 0.4) is 0 Å². The lowest BCUT2D eigenvalue weighted by Gasteiger charge is -2.23. The molecule has 1 saturated heterocycles. The van der Waals surface area contributed by atoms with E-state index in [-0.39, 0.29) is 24.2 Å². The van der Waals surface area contributed by atoms with E-state index in [0.29, 0.717) is 0 Å². The van der Waals surface area contributed by atoms with Gasteiger partial charge in [0.25, 0.3) is 0 Å². The van der Waals surface area contributed by atoms with Crippen LogP contribution in [0.2, 0.25) is 0 Å². The van der Waals surface area contributed by atoms with Crippen LogP contribution in [0, 0.1) is 11.8 Å². The average Bonchev–Trinajstić information content (AvgIpc) is 2.30. The van der Waals surface area contributed by atoms with Crippen LogP contribution in [0.25, 0.3) is 0 Å². The van der Waals surface area contributed by atoms with Crippen molar-refractivity contribution in [2.24, 2.45) is 11.8 Å². The van der Waals surface area contributed by atoms with E-state index in [4.69, 9.17) is 0 Å². The Labute approximate surface area is 112 Å². The number of rotatable bonds is 6. The molecule has 3 nitrogen and oxygen atoms in total. The van der Waals surface area contributed by atoms with Gasteiger partial charge in [-0.25, -0.2) is 0 Å². The van der Waals surface area contributed by atoms with E-state index in [1.165, 1.54) is 12.8 Å². The van der Waals surface area contributed by atoms with Crippen LogP contribution < -0.4 is 10.6 Å². The third-order valence-electron chi connectivity index (χ3n) is 3.42. The van der Waals surface area contributed by atoms with E-state index in [9.17, 15) is 4.79 Å². The number of hydrogen-bond donors (Lipinski definition) is 2. The van der Waals surface area contributed by atoms with Gasteiger partial charge in [0.15, 0.2) is 0 Å². The van der Waals surface area contributed by atoms with Gasteiger partial charge in [-0.05, 0) is 44.7 Å². The van der Waals surface area contributed by atoms with E-state index >= 15 is 0 Å². The molecular formula is C13H27ClN2O. The summed E-state index contributed by atoms with van der Waals surface area (Å²) in [7, 11) is 0. The predicted molar refractivity (Wildman–Crippen MR) is 74.5 cm³/mol. The molecular weight excluding hydrogens is 236 g/mol. The summed E-state index contributed by atoms with van der Waals surface area (Å²) in [5.74, 6) is 1.16. The summed E-state index contributed by atoms with van der Waals surface area (Å²) in [5.41, 5.74) is 0. The minimum Gasteiger partial charge on any atom is -0.356 e. The molecule has 1 aliphatic rings. The topological polar surface area (TPSA) is 41.1 Å². The Morgan fingerprint density at radius 1 is 1.53 bits per heavy atom. The van der Waals surface area contributed by atoms with Gasteiger partial charge in [-0.1, -0.05) is 20.3 Å². The molecule has 0 saturated carbocycles. The Balaban J connectivity index is 0.00000256. The highest BCUT2D eigenvalue weighted by molar-refractivity contribution is 5.85. The van der Waals surface area contributed by atoms with Gasteiger partial charge >= 0.3 is 0 Å². The van der Waals surface area contributed by atoms with Crippen LogP contribution in [0.4, 0.5) is 0 Å². The van der Waals surface area contributed by atoms with Crippen LogP contribution in [0.5, 0.6) is 0 Å². The van der Waals surface area contributed by atoms with Gasteiger partial charge in [0.2, 0.25) is 5.91 Å². The SMILES string of the molecule is CCCC(C)C(=O)NCCC1CCCNC1.Cl. The van der Waals surface area contributed by atoms with Gasteiger partial charge in [-0.2, -0.15) is 0 Å². The van der Waals surface area contributed by atoms with Crippen LogP contribution in [0.15, 0.2) is 0 Å². The van der Waals surface area contributed by atoms with Gasteiger partial charge < -0.3 is 10.6 Å². The van der Waals surface area contributed by atoms with Crippen molar-refractivity contribution in [1.82, 2.24) is 10.6 Å². The maximum Gasteiger partial charge on any atom is 0.222 e. The van der Waals surface area contributed by atoms with E-state index in [2.05, 4.69) is 17.6 Å². The predicted octanol–water partition coefficient (Wildman–Crippen LogP) is 2.35. The molecule has 17 heavy (non-hydrogen) atoms. The summed E-state index contributed by atoms with van der Waals surface area (Å²) in [6.07, 6.45) is 5.80. The van der Waals surface area contributed by atoms with Crippen molar-refractivity contribution in [2.45, 2.75) is 46.0 Å². The van der Waals surface area contributed by atoms with Crippen molar-refractivity contribution in [1.29, 1.82) is 0 Å². The maximum atomic E-state index is 11.6. The maximum absolute atomic E-state index is 11.6. The zero-order chi connectivity index (χ0) is 11.8. The van der Waals surface area contributed by atoms with Crippen molar-refractivity contribution in [3.05, 3.63) is 0 Å². The zero-order valence-corrected chi connectivity index (χ0v) is 11.9. The van der Waals surface area contributed by atoms with E-state index < -0.39 is 0 Å². The number of nitrogens with one attached hydrogen (secondary N) is 2. The number of piperidine rings is 1. The van der Waals surface area contributed by atoms with Crippen LogP contribution >= 0.6 is 12.4 Å². The summed E-state index contributed by atoms with van der Waals surface area (Å²) in [4.78, 5) is 11.6. The van der Waals surface area contributed by atoms with E-state index in [1.54, 1.807) is 0 Å². The molecule has 102 valence electrons. The van der Waals surface area contributed by atoms with Crippen LogP contribution in [0.1, 0.15) is 46.0 Å². The molecule has 1 rings (SSSR count). The first-order chi connectivity index (χ1) is 7.74. The molecule has 0 aromatic carbocycles. The fourth-order valence-corrected chi connectivity index (χ4v) is 2.31. The Bertz CT molecular complexity index is 206. The molecule has 2 N–H and O–H groups in total. The third-order valence-corrected chi connectivity index (χ3v) is 3.42. The minimum atomic E-state index is 0. The van der Waals surface area contributed by atoms with Crippen molar-refractivity contribution < 1.29 is 4.79 Å². The van der Waals surface area contributed by atoms with Crippen molar-refractivity contribution >= 4 is 18.3 Å². The highest BCUT2D eigenvalue weighted by atomic mass is 35.5. The smallest absolute Gasteiger partial charge is 0.222 e. The lowest BCUT2D eigenvalue weighted by Crippen LogP contribution is -2.34. The monoisotopic (exact) mass is 262 g/mol. The van der Waals surface area contributed by atoms with Crippen molar-refractivity contribution in [3.8, 4) is 0 Å². The van der Waals surface area contributed by atoms with Crippen LogP contribution in [-0.2, 0) is 4.79 Å². The molecule has 0 bridgehead atoms. The minimum absolute atomic E-state index is 0. The first-order valence-corrected chi connectivity index (χ1v) is 6.72. The third kappa shape index (κ3) is 6.89. The number of carbonyl (C=O) groups is 1. The van der Waals surface area contributed by atoms with Crippen molar-refractivity contribution in [2.75, 3.05) is 19.6 Å². The van der Waals surface area contributed by atoms with Gasteiger partial charge in [0, 0.05) is 12.5 Å². The lowest BCUT2D eigenvalue weighted by molar-refractivity contribution is -0.124. The van der Waals surface area contributed by atoms with Crippen molar-refractivity contribution in [3.63, 3.8) is 0 Å². The Hall–Kier alpha value is -0.280. The lowest BCUT2D eigenvalue weighted by atomic mass is 9.96. The van der Waals surface area contributed by atoms with E-state index in [1.807, 2.05) is 6.92 Å². The summed E-state index contributed by atoms with van der Waals surface area (Å²) >= 11 is 0.